The van der Waals surface area contributed by atoms with E-state index in [2.05, 4.69) is 64.5 Å². The molecule has 0 radical (unpaired) electrons. The van der Waals surface area contributed by atoms with Crippen LogP contribution in [0.1, 0.15) is 5.56 Å². The minimum atomic E-state index is 1.16. The predicted octanol–water partition coefficient (Wildman–Crippen LogP) is 3.36. The maximum Gasteiger partial charge on any atom is 0.286 e. The van der Waals surface area contributed by atoms with Crippen molar-refractivity contribution in [2.75, 3.05) is 0 Å². The predicted molar refractivity (Wildman–Crippen MR) is 84.8 cm³/mol. The van der Waals surface area contributed by atoms with Crippen LogP contribution in [0.25, 0.3) is 38.1 Å². The van der Waals surface area contributed by atoms with E-state index in [0.717, 1.165) is 5.52 Å². The fourth-order valence-electron chi connectivity index (χ4n) is 3.63. The van der Waals surface area contributed by atoms with E-state index in [1.807, 2.05) is 12.5 Å². The fraction of sp³-hybridized carbons (Fsp3) is 0.111. The Morgan fingerprint density at radius 3 is 2.71 bits per heavy atom. The van der Waals surface area contributed by atoms with Crippen LogP contribution in [0.5, 0.6) is 0 Å². The molecule has 0 fully saturated rings. The third-order valence-corrected chi connectivity index (χ3v) is 4.57. The molecule has 5 rings (SSSR count). The van der Waals surface area contributed by atoms with Crippen molar-refractivity contribution in [1.82, 2.24) is 9.38 Å². The van der Waals surface area contributed by atoms with Gasteiger partial charge in [0.2, 0.25) is 0 Å². The van der Waals surface area contributed by atoms with E-state index < -0.39 is 0 Å². The topological polar surface area (TPSA) is 21.2 Å². The monoisotopic (exact) mass is 272 g/mol. The van der Waals surface area contributed by atoms with Crippen LogP contribution >= 0.6 is 0 Å². The van der Waals surface area contributed by atoms with E-state index in [0.29, 0.717) is 0 Å². The quantitative estimate of drug-likeness (QED) is 0.240. The van der Waals surface area contributed by atoms with E-state index in [4.69, 9.17) is 0 Å². The summed E-state index contributed by atoms with van der Waals surface area (Å²) < 4.78 is 4.39. The molecule has 0 spiro atoms. The van der Waals surface area contributed by atoms with Crippen LogP contribution in [0.3, 0.4) is 0 Å². The lowest BCUT2D eigenvalue weighted by molar-refractivity contribution is -0.647. The van der Waals surface area contributed by atoms with Crippen molar-refractivity contribution in [3.05, 3.63) is 54.6 Å². The van der Waals surface area contributed by atoms with Gasteiger partial charge in [-0.05, 0) is 23.9 Å². The van der Waals surface area contributed by atoms with Crippen molar-refractivity contribution >= 4 is 38.1 Å². The fourth-order valence-corrected chi connectivity index (χ4v) is 3.63. The number of rotatable bonds is 0. The maximum atomic E-state index is 4.37. The van der Waals surface area contributed by atoms with Gasteiger partial charge in [0.1, 0.15) is 5.52 Å². The molecule has 0 aliphatic rings. The SMILES string of the molecule is Cc1ccc2ccc3ccn4c5cnc[n+](C)c5c1c2c34. The number of benzene rings is 2. The van der Waals surface area contributed by atoms with Gasteiger partial charge in [-0.25, -0.2) is 4.57 Å². The average molecular weight is 272 g/mol. The van der Waals surface area contributed by atoms with E-state index in [-0.39, 0.29) is 0 Å². The Labute approximate surface area is 121 Å². The zero-order valence-electron chi connectivity index (χ0n) is 12.0. The maximum absolute atomic E-state index is 4.37. The second-order valence-electron chi connectivity index (χ2n) is 5.78. The lowest BCUT2D eigenvalue weighted by atomic mass is 9.98. The Morgan fingerprint density at radius 1 is 1.00 bits per heavy atom. The summed E-state index contributed by atoms with van der Waals surface area (Å²) in [5.41, 5.74) is 5.01. The minimum Gasteiger partial charge on any atom is -0.309 e. The lowest BCUT2D eigenvalue weighted by Gasteiger charge is -2.12. The number of pyridine rings is 1. The van der Waals surface area contributed by atoms with Gasteiger partial charge in [0, 0.05) is 22.4 Å². The molecular weight excluding hydrogens is 258 g/mol. The van der Waals surface area contributed by atoms with Crippen molar-refractivity contribution in [2.45, 2.75) is 6.92 Å². The molecule has 3 aromatic heterocycles. The van der Waals surface area contributed by atoms with Crippen LogP contribution in [0.4, 0.5) is 0 Å². The van der Waals surface area contributed by atoms with Gasteiger partial charge in [-0.15, -0.1) is 0 Å². The van der Waals surface area contributed by atoms with E-state index in [1.54, 1.807) is 0 Å². The highest BCUT2D eigenvalue weighted by molar-refractivity contribution is 6.22. The molecule has 0 saturated carbocycles. The van der Waals surface area contributed by atoms with Gasteiger partial charge in [-0.3, -0.25) is 0 Å². The number of fused-ring (bicyclic) bond motifs is 3. The average Bonchev–Trinajstić information content (AvgIpc) is 2.93. The first-order chi connectivity index (χ1) is 10.3. The van der Waals surface area contributed by atoms with Gasteiger partial charge in [0.15, 0.2) is 11.7 Å². The molecule has 2 aromatic carbocycles. The summed E-state index contributed by atoms with van der Waals surface area (Å²) in [6, 6.07) is 11.0. The Hall–Kier alpha value is -2.68. The first-order valence-electron chi connectivity index (χ1n) is 7.13. The zero-order chi connectivity index (χ0) is 14.1. The highest BCUT2D eigenvalue weighted by atomic mass is 15.0. The largest absolute Gasteiger partial charge is 0.309 e. The normalized spacial score (nSPS) is 12.3. The summed E-state index contributed by atoms with van der Waals surface area (Å²) >= 11 is 0. The Bertz CT molecular complexity index is 1150. The van der Waals surface area contributed by atoms with Crippen LogP contribution in [0.15, 0.2) is 49.1 Å². The molecule has 0 saturated heterocycles. The molecule has 3 heteroatoms. The van der Waals surface area contributed by atoms with Gasteiger partial charge < -0.3 is 4.40 Å². The zero-order valence-corrected chi connectivity index (χ0v) is 12.0. The van der Waals surface area contributed by atoms with Crippen molar-refractivity contribution in [3.63, 3.8) is 0 Å². The van der Waals surface area contributed by atoms with Gasteiger partial charge >= 0.3 is 0 Å². The van der Waals surface area contributed by atoms with Crippen LogP contribution in [-0.4, -0.2) is 9.38 Å². The smallest absolute Gasteiger partial charge is 0.286 e. The summed E-state index contributed by atoms with van der Waals surface area (Å²) in [5.74, 6) is 0. The van der Waals surface area contributed by atoms with Crippen molar-refractivity contribution in [3.8, 4) is 0 Å². The van der Waals surface area contributed by atoms with Crippen molar-refractivity contribution in [1.29, 1.82) is 0 Å². The molecule has 5 aromatic rings. The molecule has 0 atom stereocenters. The van der Waals surface area contributed by atoms with Crippen LogP contribution in [-0.2, 0) is 7.05 Å². The molecule has 0 unspecified atom stereocenters. The molecule has 0 N–H and O–H groups in total. The summed E-state index contributed by atoms with van der Waals surface area (Å²) in [5, 5.41) is 5.27. The highest BCUT2D eigenvalue weighted by Crippen LogP contribution is 2.36. The minimum absolute atomic E-state index is 1.16. The number of nitrogens with zero attached hydrogens (tertiary/aromatic N) is 3. The standard InChI is InChI=1S/C18H14N3/c1-11-3-4-12-5-6-13-7-8-21-14-9-19-10-20(2)18(14)15(11)16(12)17(13)21/h3-10H,1-2H3/q+1. The Kier molecular flexibility index (Phi) is 1.84. The number of aryl methyl sites for hydroxylation is 2. The van der Waals surface area contributed by atoms with Crippen molar-refractivity contribution < 1.29 is 4.57 Å². The van der Waals surface area contributed by atoms with Crippen LogP contribution in [0, 0.1) is 6.92 Å². The van der Waals surface area contributed by atoms with E-state index >= 15 is 0 Å². The summed E-state index contributed by atoms with van der Waals surface area (Å²) in [6.07, 6.45) is 5.99. The molecule has 3 heterocycles. The molecular formula is C18H14N3+. The van der Waals surface area contributed by atoms with Gasteiger partial charge in [-0.2, -0.15) is 0 Å². The van der Waals surface area contributed by atoms with Gasteiger partial charge in [0.25, 0.3) is 6.33 Å². The highest BCUT2D eigenvalue weighted by Gasteiger charge is 2.18. The van der Waals surface area contributed by atoms with E-state index in [1.165, 1.54) is 38.1 Å². The molecule has 0 aliphatic heterocycles. The first-order valence-corrected chi connectivity index (χ1v) is 7.13. The molecule has 0 aliphatic carbocycles. The van der Waals surface area contributed by atoms with Gasteiger partial charge in [0.05, 0.1) is 12.6 Å². The first kappa shape index (κ1) is 11.0. The Morgan fingerprint density at radius 2 is 1.81 bits per heavy atom. The summed E-state index contributed by atoms with van der Waals surface area (Å²) in [7, 11) is 2.07. The molecule has 21 heavy (non-hydrogen) atoms. The van der Waals surface area contributed by atoms with Gasteiger partial charge in [-0.1, -0.05) is 29.2 Å². The number of hydrogen-bond acceptors (Lipinski definition) is 1. The summed E-state index contributed by atoms with van der Waals surface area (Å²) in [6.45, 7) is 2.19. The third-order valence-electron chi connectivity index (χ3n) is 4.57. The Balaban J connectivity index is 2.34. The second-order valence-corrected chi connectivity index (χ2v) is 5.78. The van der Waals surface area contributed by atoms with Crippen molar-refractivity contribution in [2.24, 2.45) is 7.05 Å². The molecule has 3 nitrogen and oxygen atoms in total. The number of aromatic nitrogens is 3. The molecule has 0 amide bonds. The second kappa shape index (κ2) is 3.50. The molecule has 100 valence electrons. The number of hydrogen-bond donors (Lipinski definition) is 0. The van der Waals surface area contributed by atoms with E-state index in [9.17, 15) is 0 Å². The lowest BCUT2D eigenvalue weighted by Crippen LogP contribution is -2.30. The summed E-state index contributed by atoms with van der Waals surface area (Å²) in [4.78, 5) is 4.37. The molecule has 0 bridgehead atoms. The van der Waals surface area contributed by atoms with Crippen LogP contribution in [0.2, 0.25) is 0 Å². The third kappa shape index (κ3) is 1.20. The van der Waals surface area contributed by atoms with Crippen LogP contribution < -0.4 is 4.57 Å².